The van der Waals surface area contributed by atoms with Gasteiger partial charge in [0, 0.05) is 19.5 Å². The second kappa shape index (κ2) is 6.10. The number of halogens is 2. The van der Waals surface area contributed by atoms with Crippen molar-refractivity contribution in [3.8, 4) is 0 Å². The van der Waals surface area contributed by atoms with E-state index < -0.39 is 6.10 Å². The Hall–Kier alpha value is -0.490. The molecule has 1 aliphatic rings. The zero-order valence-corrected chi connectivity index (χ0v) is 11.9. The van der Waals surface area contributed by atoms with E-state index in [1.165, 1.54) is 6.07 Å². The molecule has 1 heterocycles. The predicted octanol–water partition coefficient (Wildman–Crippen LogP) is 1.82. The first kappa shape index (κ1) is 13.9. The van der Waals surface area contributed by atoms with E-state index in [9.17, 15) is 9.50 Å². The Morgan fingerprint density at radius 3 is 3.06 bits per heavy atom. The van der Waals surface area contributed by atoms with Crippen molar-refractivity contribution in [2.75, 3.05) is 26.7 Å². The zero-order chi connectivity index (χ0) is 13.1. The molecule has 0 bridgehead atoms. The number of hydrogen-bond donors (Lipinski definition) is 1. The molecule has 1 N–H and O–H groups in total. The molecule has 5 heteroatoms. The van der Waals surface area contributed by atoms with Crippen LogP contribution in [0.2, 0.25) is 0 Å². The number of ether oxygens (including phenoxy) is 1. The van der Waals surface area contributed by atoms with Gasteiger partial charge in [-0.25, -0.2) is 4.39 Å². The maximum atomic E-state index is 13.1. The topological polar surface area (TPSA) is 32.7 Å². The van der Waals surface area contributed by atoms with Crippen molar-refractivity contribution in [1.82, 2.24) is 4.90 Å². The third kappa shape index (κ3) is 3.51. The van der Waals surface area contributed by atoms with Crippen molar-refractivity contribution in [1.29, 1.82) is 0 Å². The number of nitrogens with zero attached hydrogens (tertiary/aromatic N) is 1. The first-order valence-electron chi connectivity index (χ1n) is 5.98. The van der Waals surface area contributed by atoms with Crippen LogP contribution in [0.5, 0.6) is 0 Å². The summed E-state index contributed by atoms with van der Waals surface area (Å²) in [6.07, 6.45) is -0.269. The van der Waals surface area contributed by atoms with E-state index in [1.54, 1.807) is 12.1 Å². The van der Waals surface area contributed by atoms with Crippen molar-refractivity contribution in [2.45, 2.75) is 18.6 Å². The van der Waals surface area contributed by atoms with Gasteiger partial charge in [0.15, 0.2) is 0 Å². The number of aliphatic hydroxyl groups is 1. The fourth-order valence-corrected chi connectivity index (χ4v) is 2.51. The lowest BCUT2D eigenvalue weighted by Gasteiger charge is -2.33. The van der Waals surface area contributed by atoms with E-state index in [0.717, 1.165) is 18.7 Å². The number of benzene rings is 1. The van der Waals surface area contributed by atoms with E-state index in [4.69, 9.17) is 4.74 Å². The van der Waals surface area contributed by atoms with Crippen molar-refractivity contribution < 1.29 is 14.2 Å². The number of hydrogen-bond acceptors (Lipinski definition) is 3. The van der Waals surface area contributed by atoms with Crippen LogP contribution in [0.15, 0.2) is 22.7 Å². The van der Waals surface area contributed by atoms with E-state index in [1.807, 2.05) is 7.05 Å². The minimum atomic E-state index is -0.565. The zero-order valence-electron chi connectivity index (χ0n) is 10.3. The third-order valence-electron chi connectivity index (χ3n) is 3.15. The molecule has 18 heavy (non-hydrogen) atoms. The number of morpholine rings is 1. The minimum Gasteiger partial charge on any atom is -0.390 e. The number of likely N-dealkylation sites (N-methyl/N-ethyl adjacent to an activating group) is 1. The Bertz CT molecular complexity index is 416. The normalized spacial score (nSPS) is 23.0. The van der Waals surface area contributed by atoms with Gasteiger partial charge in [-0.05, 0) is 40.7 Å². The highest BCUT2D eigenvalue weighted by Gasteiger charge is 2.25. The summed E-state index contributed by atoms with van der Waals surface area (Å²) in [6, 6.07) is 4.79. The molecule has 3 nitrogen and oxygen atoms in total. The average molecular weight is 318 g/mol. The summed E-state index contributed by atoms with van der Waals surface area (Å²) >= 11 is 3.15. The summed E-state index contributed by atoms with van der Waals surface area (Å²) < 4.78 is 19.1. The highest BCUT2D eigenvalue weighted by atomic mass is 79.9. The number of rotatable bonds is 3. The Labute approximate surface area is 115 Å². The van der Waals surface area contributed by atoms with Gasteiger partial charge in [-0.2, -0.15) is 0 Å². The van der Waals surface area contributed by atoms with Crippen LogP contribution in [0, 0.1) is 5.82 Å². The largest absolute Gasteiger partial charge is 0.390 e. The van der Waals surface area contributed by atoms with Gasteiger partial charge in [0.2, 0.25) is 0 Å². The van der Waals surface area contributed by atoms with Crippen molar-refractivity contribution in [3.63, 3.8) is 0 Å². The van der Waals surface area contributed by atoms with E-state index >= 15 is 0 Å². The Balaban J connectivity index is 1.97. The molecule has 0 spiro atoms. The minimum absolute atomic E-state index is 0.174. The van der Waals surface area contributed by atoms with Crippen LogP contribution in [0.3, 0.4) is 0 Å². The fraction of sp³-hybridized carbons (Fsp3) is 0.538. The molecule has 2 rings (SSSR count). The summed E-state index contributed by atoms with van der Waals surface area (Å²) in [6.45, 7) is 2.26. The van der Waals surface area contributed by atoms with Crippen molar-refractivity contribution in [2.24, 2.45) is 0 Å². The van der Waals surface area contributed by atoms with E-state index in [2.05, 4.69) is 20.8 Å². The Morgan fingerprint density at radius 1 is 1.61 bits per heavy atom. The Kier molecular flexibility index (Phi) is 4.72. The van der Waals surface area contributed by atoms with Crippen LogP contribution in [0.1, 0.15) is 5.56 Å². The lowest BCUT2D eigenvalue weighted by Crippen LogP contribution is -2.46. The molecule has 2 atom stereocenters. The molecule has 1 aromatic rings. The first-order valence-corrected chi connectivity index (χ1v) is 6.77. The van der Waals surface area contributed by atoms with Gasteiger partial charge in [0.25, 0.3) is 0 Å². The maximum Gasteiger partial charge on any atom is 0.137 e. The first-order chi connectivity index (χ1) is 8.56. The molecule has 1 saturated heterocycles. The predicted molar refractivity (Wildman–Crippen MR) is 71.0 cm³/mol. The van der Waals surface area contributed by atoms with Gasteiger partial charge < -0.3 is 14.7 Å². The molecule has 100 valence electrons. The molecule has 0 aliphatic carbocycles. The molecule has 1 aromatic carbocycles. The van der Waals surface area contributed by atoms with Gasteiger partial charge >= 0.3 is 0 Å². The highest BCUT2D eigenvalue weighted by molar-refractivity contribution is 9.10. The van der Waals surface area contributed by atoms with E-state index in [-0.39, 0.29) is 11.9 Å². The SMILES string of the molecule is CN1CCOC(C(O)Cc2ccc(F)c(Br)c2)C1. The summed E-state index contributed by atoms with van der Waals surface area (Å²) in [5, 5.41) is 10.1. The van der Waals surface area contributed by atoms with E-state index in [0.29, 0.717) is 17.5 Å². The maximum absolute atomic E-state index is 13.1. The Morgan fingerprint density at radius 2 is 2.39 bits per heavy atom. The van der Waals surface area contributed by atoms with Crippen LogP contribution in [-0.4, -0.2) is 49.0 Å². The molecule has 0 amide bonds. The van der Waals surface area contributed by atoms with Crippen LogP contribution in [-0.2, 0) is 11.2 Å². The summed E-state index contributed by atoms with van der Waals surface area (Å²) in [4.78, 5) is 2.14. The van der Waals surface area contributed by atoms with Gasteiger partial charge in [-0.3, -0.25) is 0 Å². The standard InChI is InChI=1S/C13H17BrFNO2/c1-16-4-5-18-13(8-16)12(17)7-9-2-3-11(15)10(14)6-9/h2-3,6,12-13,17H,4-5,7-8H2,1H3. The molecule has 2 unspecified atom stereocenters. The molecule has 1 fully saturated rings. The second-order valence-corrected chi connectivity index (χ2v) is 5.55. The molecule has 0 saturated carbocycles. The quantitative estimate of drug-likeness (QED) is 0.923. The van der Waals surface area contributed by atoms with Crippen molar-refractivity contribution >= 4 is 15.9 Å². The lowest BCUT2D eigenvalue weighted by atomic mass is 10.0. The average Bonchev–Trinajstić information content (AvgIpc) is 2.34. The van der Waals surface area contributed by atoms with Crippen molar-refractivity contribution in [3.05, 3.63) is 34.1 Å². The van der Waals surface area contributed by atoms with Gasteiger partial charge in [0.1, 0.15) is 5.82 Å². The molecule has 1 aliphatic heterocycles. The van der Waals surface area contributed by atoms with Crippen LogP contribution < -0.4 is 0 Å². The van der Waals surface area contributed by atoms with Gasteiger partial charge in [0.05, 0.1) is 23.3 Å². The number of aliphatic hydroxyl groups excluding tert-OH is 1. The molecule has 0 aromatic heterocycles. The summed E-state index contributed by atoms with van der Waals surface area (Å²) in [5.41, 5.74) is 0.896. The summed E-state index contributed by atoms with van der Waals surface area (Å²) in [5.74, 6) is -0.290. The van der Waals surface area contributed by atoms with Crippen LogP contribution in [0.4, 0.5) is 4.39 Å². The second-order valence-electron chi connectivity index (χ2n) is 4.69. The molecular formula is C13H17BrFNO2. The lowest BCUT2D eigenvalue weighted by molar-refractivity contribution is -0.0823. The third-order valence-corrected chi connectivity index (χ3v) is 3.76. The summed E-state index contributed by atoms with van der Waals surface area (Å²) in [7, 11) is 2.01. The van der Waals surface area contributed by atoms with Gasteiger partial charge in [-0.1, -0.05) is 6.07 Å². The monoisotopic (exact) mass is 317 g/mol. The van der Waals surface area contributed by atoms with Crippen LogP contribution >= 0.6 is 15.9 Å². The van der Waals surface area contributed by atoms with Gasteiger partial charge in [-0.15, -0.1) is 0 Å². The highest BCUT2D eigenvalue weighted by Crippen LogP contribution is 2.19. The van der Waals surface area contributed by atoms with Crippen LogP contribution in [0.25, 0.3) is 0 Å². The fourth-order valence-electron chi connectivity index (χ4n) is 2.08. The molecule has 0 radical (unpaired) electrons. The molecular weight excluding hydrogens is 301 g/mol. The smallest absolute Gasteiger partial charge is 0.137 e.